The molecule has 5 amide bonds. The van der Waals surface area contributed by atoms with Crippen molar-refractivity contribution < 1.29 is 37.8 Å². The molecule has 2 bridgehead atoms. The monoisotopic (exact) mass is 1120 g/mol. The Morgan fingerprint density at radius 2 is 1.57 bits per heavy atom. The molecule has 9 rings (SSSR count). The Hall–Kier alpha value is -7.44. The van der Waals surface area contributed by atoms with Gasteiger partial charge < -0.3 is 39.5 Å². The van der Waals surface area contributed by atoms with E-state index in [4.69, 9.17) is 42.4 Å². The van der Waals surface area contributed by atoms with Crippen LogP contribution in [0.3, 0.4) is 0 Å². The van der Waals surface area contributed by atoms with Gasteiger partial charge in [0.1, 0.15) is 59.0 Å². The number of anilines is 1. The molecule has 0 saturated carbocycles. The first kappa shape index (κ1) is 56.3. The van der Waals surface area contributed by atoms with Gasteiger partial charge in [-0.15, -0.1) is 0 Å². The predicted octanol–water partition coefficient (Wildman–Crippen LogP) is 10.7. The number of urea groups is 1. The molecule has 1 fully saturated rings. The third kappa shape index (κ3) is 13.5. The van der Waals surface area contributed by atoms with Gasteiger partial charge >= 0.3 is 6.03 Å². The second-order valence-corrected chi connectivity index (χ2v) is 21.4. The maximum absolute atomic E-state index is 15.1. The number of unbranched alkanes of at least 4 members (excludes halogenated alkanes) is 5. The highest BCUT2D eigenvalue weighted by atomic mass is 35.5. The summed E-state index contributed by atoms with van der Waals surface area (Å²) in [6, 6.07) is 24.6. The molecule has 4 aromatic carbocycles. The molecular weight excluding hydrogens is 1050 g/mol. The molecule has 79 heavy (non-hydrogen) atoms. The molecular formula is C59H67Cl2FN10O7. The lowest BCUT2D eigenvalue weighted by molar-refractivity contribution is -0.135. The van der Waals surface area contributed by atoms with Crippen LogP contribution in [0.5, 0.6) is 17.2 Å². The van der Waals surface area contributed by atoms with Crippen LogP contribution >= 0.6 is 23.2 Å². The highest BCUT2D eigenvalue weighted by Gasteiger charge is 2.46. The summed E-state index contributed by atoms with van der Waals surface area (Å²) >= 11 is 12.7. The number of carbonyl (C=O) groups is 4. The summed E-state index contributed by atoms with van der Waals surface area (Å²) in [6.45, 7) is 9.48. The number of amides is 5. The molecule has 17 nitrogen and oxygen atoms in total. The van der Waals surface area contributed by atoms with Gasteiger partial charge in [-0.3, -0.25) is 24.3 Å². The van der Waals surface area contributed by atoms with E-state index in [0.717, 1.165) is 43.2 Å². The molecule has 2 aromatic heterocycles. The maximum atomic E-state index is 15.1. The molecule has 20 heteroatoms. The lowest BCUT2D eigenvalue weighted by Gasteiger charge is -2.38. The number of benzene rings is 4. The van der Waals surface area contributed by atoms with Gasteiger partial charge in [0.05, 0.1) is 43.6 Å². The Kier molecular flexibility index (Phi) is 18.2. The van der Waals surface area contributed by atoms with Gasteiger partial charge in [0.15, 0.2) is 5.65 Å². The predicted molar refractivity (Wildman–Crippen MR) is 302 cm³/mol. The fraction of sp³-hybridized carbons (Fsp3) is 0.407. The molecule has 6 aromatic rings. The minimum Gasteiger partial charge on any atom is -0.497 e. The first-order valence-corrected chi connectivity index (χ1v) is 27.8. The van der Waals surface area contributed by atoms with Crippen LogP contribution < -0.4 is 24.8 Å². The molecule has 3 aliphatic rings. The zero-order chi connectivity index (χ0) is 55.7. The number of aromatic nitrogens is 3. The average Bonchev–Trinajstić information content (AvgIpc) is 4.29. The summed E-state index contributed by atoms with van der Waals surface area (Å²) in [5, 5.41) is 11.8. The molecule has 416 valence electrons. The number of nitrogens with zero attached hydrogens (tertiary/aromatic N) is 8. The van der Waals surface area contributed by atoms with Gasteiger partial charge in [-0.25, -0.2) is 18.7 Å². The number of aliphatic imine (C=N–C) groups is 1. The molecule has 4 atom stereocenters. The van der Waals surface area contributed by atoms with Gasteiger partial charge in [-0.05, 0) is 112 Å². The number of methoxy groups -OCH3 is 1. The van der Waals surface area contributed by atoms with Crippen LogP contribution in [-0.2, 0) is 9.59 Å². The maximum Gasteiger partial charge on any atom is 0.326 e. The van der Waals surface area contributed by atoms with Crippen LogP contribution in [0.15, 0.2) is 108 Å². The van der Waals surface area contributed by atoms with E-state index in [1.165, 1.54) is 22.8 Å². The van der Waals surface area contributed by atoms with Crippen LogP contribution in [0.25, 0.3) is 5.65 Å². The van der Waals surface area contributed by atoms with E-state index >= 15 is 4.79 Å². The van der Waals surface area contributed by atoms with Gasteiger partial charge in [0.2, 0.25) is 11.8 Å². The van der Waals surface area contributed by atoms with E-state index in [1.54, 1.807) is 58.3 Å². The van der Waals surface area contributed by atoms with Gasteiger partial charge in [0, 0.05) is 67.0 Å². The summed E-state index contributed by atoms with van der Waals surface area (Å²) in [7, 11) is 1.59. The second kappa shape index (κ2) is 25.6. The van der Waals surface area contributed by atoms with Gasteiger partial charge in [0.25, 0.3) is 5.91 Å². The summed E-state index contributed by atoms with van der Waals surface area (Å²) in [5.41, 5.74) is 3.58. The van der Waals surface area contributed by atoms with Crippen molar-refractivity contribution in [2.75, 3.05) is 58.2 Å². The second-order valence-electron chi connectivity index (χ2n) is 20.5. The molecule has 1 unspecified atom stereocenters. The fourth-order valence-corrected chi connectivity index (χ4v) is 10.6. The number of carbonyl (C=O) groups excluding carboxylic acids is 4. The largest absolute Gasteiger partial charge is 0.497 e. The Morgan fingerprint density at radius 1 is 0.848 bits per heavy atom. The van der Waals surface area contributed by atoms with Crippen molar-refractivity contribution in [3.8, 4) is 17.2 Å². The number of halogens is 3. The number of hydrogen-bond acceptors (Lipinski definition) is 11. The van der Waals surface area contributed by atoms with Crippen molar-refractivity contribution in [2.45, 2.75) is 103 Å². The van der Waals surface area contributed by atoms with Crippen LogP contribution in [0, 0.1) is 5.82 Å². The zero-order valence-corrected chi connectivity index (χ0v) is 46.7. The normalized spacial score (nSPS) is 18.6. The molecule has 5 heterocycles. The van der Waals surface area contributed by atoms with E-state index in [9.17, 15) is 18.8 Å². The topological polar surface area (TPSA) is 176 Å². The highest BCUT2D eigenvalue weighted by Crippen LogP contribution is 2.46. The number of amidine groups is 1. The first-order chi connectivity index (χ1) is 38.1. The highest BCUT2D eigenvalue weighted by molar-refractivity contribution is 6.30. The van der Waals surface area contributed by atoms with E-state index in [2.05, 4.69) is 20.7 Å². The van der Waals surface area contributed by atoms with E-state index in [-0.39, 0.29) is 62.1 Å². The Morgan fingerprint density at radius 3 is 2.29 bits per heavy atom. The quantitative estimate of drug-likeness (QED) is 0.0788. The van der Waals surface area contributed by atoms with Crippen molar-refractivity contribution in [3.63, 3.8) is 0 Å². The lowest BCUT2D eigenvalue weighted by atomic mass is 9.93. The molecule has 0 radical (unpaired) electrons. The van der Waals surface area contributed by atoms with Crippen LogP contribution in [0.1, 0.15) is 123 Å². The zero-order valence-electron chi connectivity index (χ0n) is 45.2. The smallest absolute Gasteiger partial charge is 0.326 e. The standard InChI is InChI=1S/C59H67Cl2FN10O7/c1-37(2)78-50-33-45(77-5)22-23-46(50)57-67-54(40-13-17-42(60)18-14-40)55(41-15-19-43(61)20-16-41)72(57)59(76)70-31-30-68(53(74)36-70)27-11-9-7-6-8-10-12-52(73)63-26-29-69-35-38(3)79-49-24-21-44(62)32-47(49)39(4)65-51-25-28-71-56(66-51)48(34-64-71)58(69)75/h13-25,28,32-34,37-39,54-55H,6-12,26-27,29-31,35-36H2,1-5H3,(H,63,73)(H,65,66)/t38-,39?,54+,55-/m0/s1. The molecule has 0 spiro atoms. The molecule has 0 aliphatic carbocycles. The van der Waals surface area contributed by atoms with Crippen LogP contribution in [0.2, 0.25) is 10.0 Å². The van der Waals surface area contributed by atoms with Crippen molar-refractivity contribution in [1.29, 1.82) is 0 Å². The Labute approximate surface area is 470 Å². The van der Waals surface area contributed by atoms with Crippen molar-refractivity contribution >= 4 is 64.3 Å². The molecule has 2 N–H and O–H groups in total. The van der Waals surface area contributed by atoms with Crippen LogP contribution in [0.4, 0.5) is 15.0 Å². The van der Waals surface area contributed by atoms with Crippen molar-refractivity contribution in [3.05, 3.63) is 147 Å². The lowest BCUT2D eigenvalue weighted by Crippen LogP contribution is -2.56. The number of fused-ring (bicyclic) bond motifs is 2. The summed E-state index contributed by atoms with van der Waals surface area (Å²) in [5.74, 6) is 1.57. The minimum absolute atomic E-state index is 0.0840. The van der Waals surface area contributed by atoms with E-state index in [1.807, 2.05) is 81.1 Å². The number of hydrogen-bond donors (Lipinski definition) is 2. The summed E-state index contributed by atoms with van der Waals surface area (Å²) in [6.07, 6.45) is 8.09. The van der Waals surface area contributed by atoms with E-state index in [0.29, 0.717) is 93.8 Å². The summed E-state index contributed by atoms with van der Waals surface area (Å²) in [4.78, 5) is 72.8. The Balaban J connectivity index is 0.753. The van der Waals surface area contributed by atoms with Crippen LogP contribution in [-0.4, -0.2) is 129 Å². The number of nitrogens with one attached hydrogen (secondary N) is 2. The number of ether oxygens (including phenoxy) is 3. The molecule has 1 saturated heterocycles. The first-order valence-electron chi connectivity index (χ1n) is 27.1. The van der Waals surface area contributed by atoms with Crippen molar-refractivity contribution in [1.82, 2.24) is 39.5 Å². The SMILES string of the molecule is COc1ccc(C2=N[C@H](c3ccc(Cl)cc3)[C@H](c3ccc(Cl)cc3)N2C(=O)N2CCN(CCCCCCCCC(=O)NCCN3C[C@H](C)Oc4ccc(F)cc4C(C)Nc4ccn5ncc(c5n4)C3=O)C(=O)C2)c(OC(C)C)c1. The third-order valence-electron chi connectivity index (χ3n) is 14.4. The number of piperazine rings is 1. The number of rotatable bonds is 18. The van der Waals surface area contributed by atoms with Gasteiger partial charge in [-0.1, -0.05) is 73.2 Å². The fourth-order valence-electron chi connectivity index (χ4n) is 10.4. The van der Waals surface area contributed by atoms with E-state index < -0.39 is 24.0 Å². The Bertz CT molecular complexity index is 3180. The summed E-state index contributed by atoms with van der Waals surface area (Å²) < 4.78 is 34.2. The minimum atomic E-state index is -0.603. The molecule has 3 aliphatic heterocycles. The van der Waals surface area contributed by atoms with Crippen molar-refractivity contribution in [2.24, 2.45) is 4.99 Å². The average molecular weight is 1120 g/mol. The third-order valence-corrected chi connectivity index (χ3v) is 14.9. The van der Waals surface area contributed by atoms with Gasteiger partial charge in [-0.2, -0.15) is 5.10 Å².